The molecule has 2 aromatic rings. The second kappa shape index (κ2) is 8.49. The van der Waals surface area contributed by atoms with Crippen LogP contribution in [0.3, 0.4) is 0 Å². The molecule has 0 bridgehead atoms. The Balaban J connectivity index is 1.44. The van der Waals surface area contributed by atoms with Crippen LogP contribution in [0.15, 0.2) is 48.5 Å². The standard InChI is InChI=1S/C19H21FN2O4S/c20-17-5-7-18(8-6-17)26-14-19(23)21-10-12-27(24,25)22-11-9-15-3-1-2-4-16(15)13-22/h1-8H,9-14H2,(H,21,23). The maximum absolute atomic E-state index is 12.8. The number of sulfonamides is 1. The summed E-state index contributed by atoms with van der Waals surface area (Å²) in [6, 6.07) is 13.1. The number of fused-ring (bicyclic) bond motifs is 1. The van der Waals surface area contributed by atoms with Gasteiger partial charge in [0.1, 0.15) is 11.6 Å². The van der Waals surface area contributed by atoms with Gasteiger partial charge in [0.05, 0.1) is 5.75 Å². The summed E-state index contributed by atoms with van der Waals surface area (Å²) in [4.78, 5) is 11.8. The van der Waals surface area contributed by atoms with Gasteiger partial charge in [-0.15, -0.1) is 0 Å². The third kappa shape index (κ3) is 5.27. The second-order valence-corrected chi connectivity index (χ2v) is 8.35. The van der Waals surface area contributed by atoms with E-state index in [1.54, 1.807) is 0 Å². The average Bonchev–Trinajstić information content (AvgIpc) is 2.67. The molecular formula is C19H21FN2O4S. The van der Waals surface area contributed by atoms with E-state index in [0.717, 1.165) is 5.56 Å². The Morgan fingerprint density at radius 1 is 1.11 bits per heavy atom. The first-order valence-corrected chi connectivity index (χ1v) is 10.2. The molecule has 0 aromatic heterocycles. The van der Waals surface area contributed by atoms with Gasteiger partial charge in [0.15, 0.2) is 6.61 Å². The topological polar surface area (TPSA) is 75.7 Å². The van der Waals surface area contributed by atoms with E-state index in [-0.39, 0.29) is 18.9 Å². The Labute approximate surface area is 158 Å². The van der Waals surface area contributed by atoms with E-state index in [1.165, 1.54) is 34.1 Å². The van der Waals surface area contributed by atoms with Crippen molar-refractivity contribution in [2.24, 2.45) is 0 Å². The van der Waals surface area contributed by atoms with Crippen LogP contribution >= 0.6 is 0 Å². The molecule has 1 N–H and O–H groups in total. The van der Waals surface area contributed by atoms with Gasteiger partial charge in [0.25, 0.3) is 5.91 Å². The van der Waals surface area contributed by atoms with Gasteiger partial charge in [0, 0.05) is 19.6 Å². The molecule has 1 amide bonds. The smallest absolute Gasteiger partial charge is 0.257 e. The van der Waals surface area contributed by atoms with Crippen molar-refractivity contribution in [2.45, 2.75) is 13.0 Å². The largest absolute Gasteiger partial charge is 0.484 e. The van der Waals surface area contributed by atoms with Gasteiger partial charge < -0.3 is 10.1 Å². The maximum Gasteiger partial charge on any atom is 0.257 e. The third-order valence-corrected chi connectivity index (χ3v) is 6.17. The van der Waals surface area contributed by atoms with Gasteiger partial charge in [-0.2, -0.15) is 4.31 Å². The number of benzene rings is 2. The Hall–Kier alpha value is -2.45. The zero-order chi connectivity index (χ0) is 19.3. The predicted octanol–water partition coefficient (Wildman–Crippen LogP) is 1.71. The van der Waals surface area contributed by atoms with E-state index in [0.29, 0.717) is 25.3 Å². The van der Waals surface area contributed by atoms with Gasteiger partial charge in [-0.25, -0.2) is 12.8 Å². The zero-order valence-electron chi connectivity index (χ0n) is 14.7. The highest BCUT2D eigenvalue weighted by Crippen LogP contribution is 2.20. The number of nitrogens with one attached hydrogen (secondary N) is 1. The van der Waals surface area contributed by atoms with Crippen LogP contribution in [0.2, 0.25) is 0 Å². The number of halogens is 1. The average molecular weight is 392 g/mol. The first kappa shape index (κ1) is 19.3. The highest BCUT2D eigenvalue weighted by Gasteiger charge is 2.26. The summed E-state index contributed by atoms with van der Waals surface area (Å²) in [7, 11) is -3.46. The fraction of sp³-hybridized carbons (Fsp3) is 0.316. The first-order chi connectivity index (χ1) is 12.9. The van der Waals surface area contributed by atoms with E-state index in [9.17, 15) is 17.6 Å². The minimum Gasteiger partial charge on any atom is -0.484 e. The molecule has 2 aromatic carbocycles. The van der Waals surface area contributed by atoms with Crippen molar-refractivity contribution in [3.63, 3.8) is 0 Å². The molecule has 0 aliphatic carbocycles. The van der Waals surface area contributed by atoms with Crippen LogP contribution in [-0.2, 0) is 27.8 Å². The highest BCUT2D eigenvalue weighted by molar-refractivity contribution is 7.89. The SMILES string of the molecule is O=C(COc1ccc(F)cc1)NCCS(=O)(=O)N1CCc2ccccc2C1. The molecule has 27 heavy (non-hydrogen) atoms. The number of amides is 1. The molecule has 1 aliphatic rings. The fourth-order valence-electron chi connectivity index (χ4n) is 2.89. The number of carbonyl (C=O) groups is 1. The molecule has 0 atom stereocenters. The molecule has 0 spiro atoms. The first-order valence-electron chi connectivity index (χ1n) is 8.64. The Bertz CT molecular complexity index is 900. The van der Waals surface area contributed by atoms with E-state index >= 15 is 0 Å². The third-order valence-electron chi connectivity index (χ3n) is 4.35. The molecule has 1 aliphatic heterocycles. The molecule has 0 radical (unpaired) electrons. The summed E-state index contributed by atoms with van der Waals surface area (Å²) in [5.74, 6) is -0.626. The van der Waals surface area contributed by atoms with Gasteiger partial charge in [0.2, 0.25) is 10.0 Å². The number of hydrogen-bond acceptors (Lipinski definition) is 4. The van der Waals surface area contributed by atoms with Crippen LogP contribution in [-0.4, -0.2) is 44.1 Å². The molecule has 0 saturated heterocycles. The summed E-state index contributed by atoms with van der Waals surface area (Å²) < 4.78 is 44.5. The van der Waals surface area contributed by atoms with Crippen LogP contribution in [0.5, 0.6) is 5.75 Å². The van der Waals surface area contributed by atoms with E-state index in [1.807, 2.05) is 24.3 Å². The van der Waals surface area contributed by atoms with E-state index < -0.39 is 21.7 Å². The molecule has 8 heteroatoms. The van der Waals surface area contributed by atoms with Gasteiger partial charge >= 0.3 is 0 Å². The maximum atomic E-state index is 12.8. The van der Waals surface area contributed by atoms with Crippen LogP contribution < -0.4 is 10.1 Å². The van der Waals surface area contributed by atoms with Gasteiger partial charge in [-0.1, -0.05) is 24.3 Å². The minimum absolute atomic E-state index is 0.00604. The summed E-state index contributed by atoms with van der Waals surface area (Å²) in [5, 5.41) is 2.53. The summed E-state index contributed by atoms with van der Waals surface area (Å²) >= 11 is 0. The molecule has 144 valence electrons. The lowest BCUT2D eigenvalue weighted by Crippen LogP contribution is -2.41. The van der Waals surface area contributed by atoms with Crippen LogP contribution in [0.25, 0.3) is 0 Å². The van der Waals surface area contributed by atoms with Crippen molar-refractivity contribution in [1.82, 2.24) is 9.62 Å². The Morgan fingerprint density at radius 2 is 1.81 bits per heavy atom. The van der Waals surface area contributed by atoms with Gasteiger partial charge in [-0.05, 0) is 41.8 Å². The van der Waals surface area contributed by atoms with Crippen molar-refractivity contribution in [3.8, 4) is 5.75 Å². The number of rotatable bonds is 7. The van der Waals surface area contributed by atoms with Crippen LogP contribution in [0.4, 0.5) is 4.39 Å². The molecule has 3 rings (SSSR count). The van der Waals surface area contributed by atoms with Crippen molar-refractivity contribution < 1.29 is 22.3 Å². The number of ether oxygens (including phenoxy) is 1. The molecular weight excluding hydrogens is 371 g/mol. The minimum atomic E-state index is -3.46. The predicted molar refractivity (Wildman–Crippen MR) is 99.2 cm³/mol. The summed E-state index contributed by atoms with van der Waals surface area (Å²) in [6.07, 6.45) is 0.688. The molecule has 1 heterocycles. The van der Waals surface area contributed by atoms with Crippen LogP contribution in [0, 0.1) is 5.82 Å². The Kier molecular flexibility index (Phi) is 6.08. The molecule has 0 unspecified atom stereocenters. The van der Waals surface area contributed by atoms with Crippen molar-refractivity contribution in [1.29, 1.82) is 0 Å². The highest BCUT2D eigenvalue weighted by atomic mass is 32.2. The number of hydrogen-bond donors (Lipinski definition) is 1. The monoisotopic (exact) mass is 392 g/mol. The van der Waals surface area contributed by atoms with E-state index in [2.05, 4.69) is 5.32 Å². The number of nitrogens with zero attached hydrogens (tertiary/aromatic N) is 1. The van der Waals surface area contributed by atoms with Crippen molar-refractivity contribution >= 4 is 15.9 Å². The lowest BCUT2D eigenvalue weighted by molar-refractivity contribution is -0.122. The van der Waals surface area contributed by atoms with Crippen LogP contribution in [0.1, 0.15) is 11.1 Å². The zero-order valence-corrected chi connectivity index (χ0v) is 15.5. The summed E-state index contributed by atoms with van der Waals surface area (Å²) in [6.45, 7) is 0.552. The van der Waals surface area contributed by atoms with Crippen molar-refractivity contribution in [3.05, 3.63) is 65.5 Å². The van der Waals surface area contributed by atoms with Gasteiger partial charge in [-0.3, -0.25) is 4.79 Å². The fourth-order valence-corrected chi connectivity index (χ4v) is 4.21. The Morgan fingerprint density at radius 3 is 2.56 bits per heavy atom. The molecule has 0 saturated carbocycles. The number of carbonyl (C=O) groups excluding carboxylic acids is 1. The lowest BCUT2D eigenvalue weighted by atomic mass is 10.0. The lowest BCUT2D eigenvalue weighted by Gasteiger charge is -2.28. The molecule has 6 nitrogen and oxygen atoms in total. The second-order valence-electron chi connectivity index (χ2n) is 6.26. The van der Waals surface area contributed by atoms with Crippen molar-refractivity contribution in [2.75, 3.05) is 25.4 Å². The summed E-state index contributed by atoms with van der Waals surface area (Å²) in [5.41, 5.74) is 2.19. The molecule has 0 fully saturated rings. The quantitative estimate of drug-likeness (QED) is 0.778. The van der Waals surface area contributed by atoms with E-state index in [4.69, 9.17) is 4.74 Å². The normalized spacial score (nSPS) is 14.4.